The van der Waals surface area contributed by atoms with E-state index in [1.54, 1.807) is 6.33 Å². The van der Waals surface area contributed by atoms with Crippen LogP contribution >= 0.6 is 0 Å². The molecule has 34 heavy (non-hydrogen) atoms. The highest BCUT2D eigenvalue weighted by Gasteiger charge is 2.58. The summed E-state index contributed by atoms with van der Waals surface area (Å²) in [5.74, 6) is 2.32. The maximum atomic E-state index is 13.1. The van der Waals surface area contributed by atoms with Crippen LogP contribution < -0.4 is 0 Å². The molecule has 0 radical (unpaired) electrons. The van der Waals surface area contributed by atoms with Gasteiger partial charge in [0, 0.05) is 61.7 Å². The van der Waals surface area contributed by atoms with E-state index in [1.807, 2.05) is 12.4 Å². The molecular weight excluding hydrogens is 424 g/mol. The number of amides is 1. The van der Waals surface area contributed by atoms with E-state index < -0.39 is 0 Å². The van der Waals surface area contributed by atoms with Crippen molar-refractivity contribution < 1.29 is 9.53 Å². The normalized spacial score (nSPS) is 38.0. The Morgan fingerprint density at radius 1 is 1.00 bits per heavy atom. The van der Waals surface area contributed by atoms with Gasteiger partial charge in [-0.25, -0.2) is 9.97 Å². The van der Waals surface area contributed by atoms with E-state index >= 15 is 0 Å². The molecule has 5 aliphatic rings. The van der Waals surface area contributed by atoms with Gasteiger partial charge in [0.05, 0.1) is 13.2 Å². The molecule has 1 aromatic rings. The van der Waals surface area contributed by atoms with Gasteiger partial charge in [-0.2, -0.15) is 0 Å². The van der Waals surface area contributed by atoms with E-state index in [9.17, 15) is 4.79 Å². The molecule has 2 saturated heterocycles. The molecule has 3 aliphatic carbocycles. The van der Waals surface area contributed by atoms with Crippen LogP contribution in [0.3, 0.4) is 0 Å². The zero-order chi connectivity index (χ0) is 23.3. The minimum Gasteiger partial charge on any atom is -0.379 e. The maximum absolute atomic E-state index is 13.1. The Morgan fingerprint density at radius 3 is 2.59 bits per heavy atom. The Bertz CT molecular complexity index is 1000. The number of carbonyl (C=O) groups is 1. The van der Waals surface area contributed by atoms with Gasteiger partial charge in [0.25, 0.3) is 0 Å². The van der Waals surface area contributed by atoms with Crippen LogP contribution in [-0.2, 0) is 9.53 Å². The maximum Gasteiger partial charge on any atom is 0.226 e. The fraction of sp³-hybridized carbons (Fsp3) is 0.679. The number of rotatable bonds is 4. The van der Waals surface area contributed by atoms with Crippen molar-refractivity contribution in [3.05, 3.63) is 42.1 Å². The minimum atomic E-state index is 0.113. The van der Waals surface area contributed by atoms with Gasteiger partial charge in [0.2, 0.25) is 5.91 Å². The lowest BCUT2D eigenvalue weighted by atomic mass is 9.49. The first-order valence-electron chi connectivity index (χ1n) is 13.3. The number of hydrogen-bond acceptors (Lipinski definition) is 5. The molecule has 3 heterocycles. The summed E-state index contributed by atoms with van der Waals surface area (Å²) < 4.78 is 5.51. The zero-order valence-electron chi connectivity index (χ0n) is 20.7. The van der Waals surface area contributed by atoms with Gasteiger partial charge in [-0.1, -0.05) is 26.0 Å². The molecular formula is C28H38N4O2. The monoisotopic (exact) mass is 462 g/mol. The molecule has 6 rings (SSSR count). The Labute approximate surface area is 203 Å². The van der Waals surface area contributed by atoms with E-state index in [0.29, 0.717) is 30.1 Å². The van der Waals surface area contributed by atoms with Crippen LogP contribution in [0.15, 0.2) is 36.6 Å². The molecule has 1 amide bonds. The van der Waals surface area contributed by atoms with Crippen molar-refractivity contribution in [2.75, 3.05) is 39.4 Å². The number of morpholine rings is 1. The number of likely N-dealkylation sites (tertiary alicyclic amines) is 1. The second-order valence-electron chi connectivity index (χ2n) is 11.6. The molecule has 3 fully saturated rings. The Kier molecular flexibility index (Phi) is 5.64. The Balaban J connectivity index is 1.24. The molecule has 0 unspecified atom stereocenters. The van der Waals surface area contributed by atoms with Crippen molar-refractivity contribution in [2.45, 2.75) is 52.4 Å². The average molecular weight is 463 g/mol. The summed E-state index contributed by atoms with van der Waals surface area (Å²) in [7, 11) is 0. The summed E-state index contributed by atoms with van der Waals surface area (Å²) in [4.78, 5) is 26.3. The lowest BCUT2D eigenvalue weighted by molar-refractivity contribution is -0.137. The molecule has 182 valence electrons. The number of nitrogens with zero attached hydrogens (tertiary/aromatic N) is 4. The van der Waals surface area contributed by atoms with Gasteiger partial charge >= 0.3 is 0 Å². The molecule has 6 nitrogen and oxygen atoms in total. The van der Waals surface area contributed by atoms with Gasteiger partial charge in [-0.05, 0) is 60.8 Å². The molecule has 1 saturated carbocycles. The van der Waals surface area contributed by atoms with E-state index in [4.69, 9.17) is 4.74 Å². The Hall–Kier alpha value is -2.05. The summed E-state index contributed by atoms with van der Waals surface area (Å²) in [6.45, 7) is 10.3. The summed E-state index contributed by atoms with van der Waals surface area (Å²) in [5.41, 5.74) is 4.31. The largest absolute Gasteiger partial charge is 0.379 e. The number of aromatic nitrogens is 2. The number of carbonyl (C=O) groups excluding carboxylic acids is 1. The number of piperidine rings is 1. The van der Waals surface area contributed by atoms with Crippen LogP contribution in [0.2, 0.25) is 0 Å². The van der Waals surface area contributed by atoms with Crippen molar-refractivity contribution in [2.24, 2.45) is 28.6 Å². The summed E-state index contributed by atoms with van der Waals surface area (Å²) >= 11 is 0. The molecule has 0 bridgehead atoms. The van der Waals surface area contributed by atoms with Crippen molar-refractivity contribution in [1.29, 1.82) is 0 Å². The number of allylic oxidation sites excluding steroid dienone is 4. The summed E-state index contributed by atoms with van der Waals surface area (Å²) in [6.07, 6.45) is 16.9. The summed E-state index contributed by atoms with van der Waals surface area (Å²) in [5, 5.41) is 0. The average Bonchev–Trinajstić information content (AvgIpc) is 3.22. The fourth-order valence-electron chi connectivity index (χ4n) is 8.21. The molecule has 0 aromatic carbocycles. The highest BCUT2D eigenvalue weighted by molar-refractivity contribution is 5.80. The van der Waals surface area contributed by atoms with E-state index in [1.165, 1.54) is 29.7 Å². The van der Waals surface area contributed by atoms with Crippen molar-refractivity contribution in [3.63, 3.8) is 0 Å². The van der Waals surface area contributed by atoms with Gasteiger partial charge in [0.15, 0.2) is 0 Å². The lowest BCUT2D eigenvalue weighted by Gasteiger charge is -2.58. The topological polar surface area (TPSA) is 58.6 Å². The van der Waals surface area contributed by atoms with Crippen molar-refractivity contribution in [3.8, 4) is 0 Å². The van der Waals surface area contributed by atoms with E-state index in [-0.39, 0.29) is 10.8 Å². The summed E-state index contributed by atoms with van der Waals surface area (Å²) in [6, 6.07) is 0. The number of hydrogen-bond donors (Lipinski definition) is 0. The molecule has 1 aromatic heterocycles. The molecule has 0 spiro atoms. The smallest absolute Gasteiger partial charge is 0.226 e. The number of fused-ring (bicyclic) bond motifs is 5. The van der Waals surface area contributed by atoms with Gasteiger partial charge in [-0.3, -0.25) is 9.69 Å². The second-order valence-corrected chi connectivity index (χ2v) is 11.6. The van der Waals surface area contributed by atoms with Crippen LogP contribution in [0.25, 0.3) is 5.57 Å². The van der Waals surface area contributed by atoms with Crippen LogP contribution in [0.4, 0.5) is 0 Å². The number of ether oxygens (including phenoxy) is 1. The SMILES string of the molecule is C[C@]12CCC(=O)N(CCN3CCOCC3)C1=CC[C@@H]1[C@@H]2CC[C@]2(C)C(c3cncnc3)=CC[C@@H]12. The predicted molar refractivity (Wildman–Crippen MR) is 131 cm³/mol. The fourth-order valence-corrected chi connectivity index (χ4v) is 8.21. The predicted octanol–water partition coefficient (Wildman–Crippen LogP) is 4.16. The first-order valence-corrected chi connectivity index (χ1v) is 13.3. The standard InChI is InChI=1S/C28H38N4O2/c1-27-9-7-24-21(23(27)5-4-22(27)20-17-29-19-30-18-20)3-6-25-28(24,2)10-8-26(33)32(25)12-11-31-13-15-34-16-14-31/h4,6,17-19,21,23-24H,3,5,7-16H2,1-2H3/t21-,23-,24-,27+,28+/m0/s1. The first-order chi connectivity index (χ1) is 16.5. The zero-order valence-corrected chi connectivity index (χ0v) is 20.7. The molecule has 0 N–H and O–H groups in total. The van der Waals surface area contributed by atoms with Crippen LogP contribution in [0.1, 0.15) is 57.9 Å². The third-order valence-electron chi connectivity index (χ3n) is 10.1. The quantitative estimate of drug-likeness (QED) is 0.673. The highest BCUT2D eigenvalue weighted by atomic mass is 16.5. The van der Waals surface area contributed by atoms with Crippen LogP contribution in [0.5, 0.6) is 0 Å². The van der Waals surface area contributed by atoms with Crippen LogP contribution in [-0.4, -0.2) is 65.1 Å². The lowest BCUT2D eigenvalue weighted by Crippen LogP contribution is -2.55. The third kappa shape index (κ3) is 3.48. The minimum absolute atomic E-state index is 0.113. The molecule has 5 atom stereocenters. The third-order valence-corrected chi connectivity index (χ3v) is 10.1. The van der Waals surface area contributed by atoms with Gasteiger partial charge in [-0.15, -0.1) is 0 Å². The second kappa shape index (κ2) is 8.56. The first kappa shape index (κ1) is 22.4. The highest BCUT2D eigenvalue weighted by Crippen LogP contribution is 2.66. The van der Waals surface area contributed by atoms with Crippen molar-refractivity contribution in [1.82, 2.24) is 19.8 Å². The van der Waals surface area contributed by atoms with E-state index in [0.717, 1.165) is 58.7 Å². The van der Waals surface area contributed by atoms with Crippen molar-refractivity contribution >= 4 is 11.5 Å². The van der Waals surface area contributed by atoms with Gasteiger partial charge < -0.3 is 9.64 Å². The van der Waals surface area contributed by atoms with E-state index in [2.05, 4.69) is 45.8 Å². The molecule has 6 heteroatoms. The Morgan fingerprint density at radius 2 is 1.79 bits per heavy atom. The van der Waals surface area contributed by atoms with Gasteiger partial charge in [0.1, 0.15) is 6.33 Å². The molecule has 2 aliphatic heterocycles. The van der Waals surface area contributed by atoms with Crippen LogP contribution in [0, 0.1) is 28.6 Å².